The summed E-state index contributed by atoms with van der Waals surface area (Å²) in [5, 5.41) is 0. The molecule has 0 aliphatic heterocycles. The van der Waals surface area contributed by atoms with E-state index in [4.69, 9.17) is 0 Å². The van der Waals surface area contributed by atoms with Gasteiger partial charge in [0.25, 0.3) is 0 Å². The van der Waals surface area contributed by atoms with Crippen molar-refractivity contribution in [3.8, 4) is 0 Å². The van der Waals surface area contributed by atoms with E-state index < -0.39 is 21.8 Å². The molecule has 0 aliphatic carbocycles. The Morgan fingerprint density at radius 2 is 0.444 bits per heavy atom. The topological polar surface area (TPSA) is 9.23 Å². The quantitative estimate of drug-likeness (QED) is 0.482. The van der Waals surface area contributed by atoms with Crippen molar-refractivity contribution in [3.05, 3.63) is 0 Å². The molecule has 0 spiro atoms. The zero-order chi connectivity index (χ0) is 16.2. The summed E-state index contributed by atoms with van der Waals surface area (Å²) in [7, 11) is -14.8. The van der Waals surface area contributed by atoms with Gasteiger partial charge in [0, 0.05) is 14.2 Å². The van der Waals surface area contributed by atoms with Gasteiger partial charge in [-0.15, -0.1) is 0 Å². The molecule has 0 unspecified atom stereocenters. The maximum atomic E-state index is 9.75. The highest BCUT2D eigenvalue weighted by molar-refractivity contribution is 6.50. The Kier molecular flexibility index (Phi) is 16.5. The first-order valence-corrected chi connectivity index (χ1v) is 3.44. The van der Waals surface area contributed by atoms with Crippen molar-refractivity contribution in [3.63, 3.8) is 0 Å². The predicted octanol–water partition coefficient (Wildman–Crippen LogP) is 4.16. The van der Waals surface area contributed by atoms with Crippen molar-refractivity contribution in [1.82, 2.24) is 0 Å². The van der Waals surface area contributed by atoms with E-state index in [0.717, 1.165) is 0 Å². The fourth-order valence-corrected chi connectivity index (χ4v) is 0. The minimum atomic E-state index is -6.00. The van der Waals surface area contributed by atoms with Crippen LogP contribution < -0.4 is 0 Å². The number of halogens is 12. The Labute approximate surface area is 93.8 Å². The second-order valence-corrected chi connectivity index (χ2v) is 1.89. The zero-order valence-corrected chi connectivity index (χ0v) is 8.68. The van der Waals surface area contributed by atoms with E-state index in [-0.39, 0.29) is 0 Å². The van der Waals surface area contributed by atoms with Crippen LogP contribution in [0.5, 0.6) is 0 Å². The molecule has 0 amide bonds. The molecule has 0 aromatic carbocycles. The van der Waals surface area contributed by atoms with Gasteiger partial charge in [0.15, 0.2) is 0 Å². The van der Waals surface area contributed by atoms with Gasteiger partial charge in [0.1, 0.15) is 0 Å². The van der Waals surface area contributed by atoms with Crippen molar-refractivity contribution in [2.45, 2.75) is 0 Å². The number of hydrogen-bond acceptors (Lipinski definition) is 1. The lowest BCUT2D eigenvalue weighted by molar-refractivity contribution is 0.277. The van der Waals surface area contributed by atoms with E-state index >= 15 is 0 Å². The van der Waals surface area contributed by atoms with Crippen LogP contribution in [0.4, 0.5) is 51.8 Å². The molecule has 0 saturated heterocycles. The van der Waals surface area contributed by atoms with Gasteiger partial charge < -0.3 is 56.5 Å². The molecule has 0 saturated carbocycles. The molecule has 0 radical (unpaired) electrons. The predicted molar refractivity (Wildman–Crippen MR) is 43.5 cm³/mol. The van der Waals surface area contributed by atoms with E-state index in [1.165, 1.54) is 0 Å². The fraction of sp³-hybridized carbons (Fsp3) is 1.00. The summed E-state index contributed by atoms with van der Waals surface area (Å²) in [5.74, 6) is 0. The first kappa shape index (κ1) is 26.0. The van der Waals surface area contributed by atoms with Crippen molar-refractivity contribution in [1.29, 1.82) is 0 Å². The highest BCUT2D eigenvalue weighted by Crippen LogP contribution is 2.07. The lowest BCUT2D eigenvalue weighted by Crippen LogP contribution is -2.02. The molecule has 0 bridgehead atoms. The molecule has 0 fully saturated rings. The average Bonchev–Trinajstić information content (AvgIpc) is 1.71. The fourth-order valence-electron chi connectivity index (χ4n) is 0. The SMILES string of the molecule is COC.F[B-](F)(F)F.F[B-](F)(F)F.F[B-](F)(F)F. The Morgan fingerprint density at radius 3 is 0.444 bits per heavy atom. The van der Waals surface area contributed by atoms with Gasteiger partial charge in [-0.2, -0.15) is 0 Å². The first-order valence-electron chi connectivity index (χ1n) is 3.44. The summed E-state index contributed by atoms with van der Waals surface area (Å²) in [4.78, 5) is 0. The highest BCUT2D eigenvalue weighted by atomic mass is 19.5. The Morgan fingerprint density at radius 1 is 0.444 bits per heavy atom. The first-order chi connectivity index (χ1) is 7.41. The maximum Gasteiger partial charge on any atom is 0.673 e. The molecule has 0 rings (SSSR count). The van der Waals surface area contributed by atoms with E-state index in [1.807, 2.05) is 0 Å². The number of rotatable bonds is 0. The zero-order valence-electron chi connectivity index (χ0n) is 8.68. The summed E-state index contributed by atoms with van der Waals surface area (Å²) in [6.45, 7) is 0. The summed E-state index contributed by atoms with van der Waals surface area (Å²) in [6.07, 6.45) is 0. The number of ether oxygens (including phenoxy) is 1. The lowest BCUT2D eigenvalue weighted by atomic mass is 10.3. The highest BCUT2D eigenvalue weighted by Gasteiger charge is 2.21. The molecule has 0 aliphatic rings. The Balaban J connectivity index is -0.0000000739. The van der Waals surface area contributed by atoms with Crippen LogP contribution in [0.15, 0.2) is 0 Å². The van der Waals surface area contributed by atoms with Crippen LogP contribution in [0.3, 0.4) is 0 Å². The Bertz CT molecular complexity index is 112. The van der Waals surface area contributed by atoms with Gasteiger partial charge in [-0.3, -0.25) is 0 Å². The molecule has 16 heteroatoms. The molecular formula is C2H6B3F12O-3. The van der Waals surface area contributed by atoms with Gasteiger partial charge in [0.2, 0.25) is 0 Å². The summed E-state index contributed by atoms with van der Waals surface area (Å²) >= 11 is 0. The average molecular weight is 306 g/mol. The van der Waals surface area contributed by atoms with Gasteiger partial charge in [-0.05, 0) is 0 Å². The minimum Gasteiger partial charge on any atom is -0.418 e. The van der Waals surface area contributed by atoms with Crippen molar-refractivity contribution >= 4 is 21.8 Å². The van der Waals surface area contributed by atoms with Gasteiger partial charge >= 0.3 is 21.8 Å². The molecule has 116 valence electrons. The third kappa shape index (κ3) is 6680. The second-order valence-electron chi connectivity index (χ2n) is 1.89. The monoisotopic (exact) mass is 307 g/mol. The van der Waals surface area contributed by atoms with Crippen LogP contribution in [-0.2, 0) is 4.74 Å². The van der Waals surface area contributed by atoms with E-state index in [0.29, 0.717) is 0 Å². The summed E-state index contributed by atoms with van der Waals surface area (Å²) < 4.78 is 121. The smallest absolute Gasteiger partial charge is 0.418 e. The normalized spacial score (nSPS) is 11.0. The molecule has 0 N–H and O–H groups in total. The maximum absolute atomic E-state index is 9.75. The molecule has 1 nitrogen and oxygen atoms in total. The standard InChI is InChI=1S/C2H6O.3BF4/c1-3-2;3*2-1(3,4)5/h1-2H3;;;/q;3*-1. The van der Waals surface area contributed by atoms with Crippen molar-refractivity contribution in [2.75, 3.05) is 14.2 Å². The summed E-state index contributed by atoms with van der Waals surface area (Å²) in [5.41, 5.74) is 0. The van der Waals surface area contributed by atoms with E-state index in [9.17, 15) is 51.8 Å². The molecule has 0 heterocycles. The van der Waals surface area contributed by atoms with Gasteiger partial charge in [-0.25, -0.2) is 0 Å². The molecule has 0 aromatic heterocycles. The molecule has 18 heavy (non-hydrogen) atoms. The third-order valence-electron chi connectivity index (χ3n) is 0. The van der Waals surface area contributed by atoms with Crippen LogP contribution in [0, 0.1) is 0 Å². The van der Waals surface area contributed by atoms with Crippen LogP contribution in [0.2, 0.25) is 0 Å². The van der Waals surface area contributed by atoms with Crippen LogP contribution in [0.1, 0.15) is 0 Å². The van der Waals surface area contributed by atoms with Crippen LogP contribution in [0.25, 0.3) is 0 Å². The lowest BCUT2D eigenvalue weighted by Gasteiger charge is -1.94. The van der Waals surface area contributed by atoms with Crippen molar-refractivity contribution in [2.24, 2.45) is 0 Å². The third-order valence-corrected chi connectivity index (χ3v) is 0. The number of hydrogen-bond donors (Lipinski definition) is 0. The second kappa shape index (κ2) is 11.4. The number of methoxy groups -OCH3 is 1. The van der Waals surface area contributed by atoms with Crippen molar-refractivity contribution < 1.29 is 56.5 Å². The van der Waals surface area contributed by atoms with E-state index in [1.54, 1.807) is 14.2 Å². The minimum absolute atomic E-state index is 1.62. The van der Waals surface area contributed by atoms with Gasteiger partial charge in [-0.1, -0.05) is 0 Å². The molecule has 0 atom stereocenters. The van der Waals surface area contributed by atoms with Crippen LogP contribution >= 0.6 is 0 Å². The molecular weight excluding hydrogens is 300 g/mol. The van der Waals surface area contributed by atoms with Crippen LogP contribution in [-0.4, -0.2) is 36.0 Å². The molecule has 0 aromatic rings. The Hall–Kier alpha value is -0.685. The van der Waals surface area contributed by atoms with E-state index in [2.05, 4.69) is 4.74 Å². The van der Waals surface area contributed by atoms with Gasteiger partial charge in [0.05, 0.1) is 0 Å². The largest absolute Gasteiger partial charge is 0.673 e. The summed E-state index contributed by atoms with van der Waals surface area (Å²) in [6, 6.07) is 0.